The summed E-state index contributed by atoms with van der Waals surface area (Å²) < 4.78 is 0. The predicted octanol–water partition coefficient (Wildman–Crippen LogP) is 1.90. The number of hydrogen-bond donors (Lipinski definition) is 1. The molecule has 3 rings (SSSR count). The normalized spacial score (nSPS) is 21.6. The van der Waals surface area contributed by atoms with Crippen molar-refractivity contribution >= 4 is 5.91 Å². The van der Waals surface area contributed by atoms with E-state index in [1.807, 2.05) is 32.0 Å². The zero-order chi connectivity index (χ0) is 12.9. The second kappa shape index (κ2) is 3.82. The number of carbonyl (C=O) groups excluding carboxylic acids is 1. The number of nitrogens with zero attached hydrogens (tertiary/aromatic N) is 1. The molecule has 1 saturated carbocycles. The maximum Gasteiger partial charge on any atom is 0.254 e. The summed E-state index contributed by atoms with van der Waals surface area (Å²) in [6.45, 7) is 5.06. The van der Waals surface area contributed by atoms with Crippen molar-refractivity contribution < 1.29 is 9.90 Å². The van der Waals surface area contributed by atoms with Crippen molar-refractivity contribution in [2.75, 3.05) is 13.1 Å². The lowest BCUT2D eigenvalue weighted by Crippen LogP contribution is -2.64. The van der Waals surface area contributed by atoms with Crippen molar-refractivity contribution in [2.45, 2.75) is 32.3 Å². The van der Waals surface area contributed by atoms with Crippen LogP contribution in [-0.2, 0) is 0 Å². The highest BCUT2D eigenvalue weighted by atomic mass is 16.3. The molecule has 3 heteroatoms. The van der Waals surface area contributed by atoms with Crippen LogP contribution in [0.2, 0.25) is 0 Å². The van der Waals surface area contributed by atoms with Crippen molar-refractivity contribution in [2.24, 2.45) is 5.92 Å². The molecule has 1 aliphatic carbocycles. The van der Waals surface area contributed by atoms with Gasteiger partial charge in [-0.25, -0.2) is 0 Å². The van der Waals surface area contributed by atoms with Gasteiger partial charge in [-0.2, -0.15) is 0 Å². The van der Waals surface area contributed by atoms with Gasteiger partial charge in [-0.15, -0.1) is 0 Å². The van der Waals surface area contributed by atoms with Crippen LogP contribution < -0.4 is 0 Å². The third kappa shape index (κ3) is 1.83. The molecule has 2 aliphatic rings. The highest BCUT2D eigenvalue weighted by Crippen LogP contribution is 2.44. The van der Waals surface area contributed by atoms with Crippen LogP contribution in [0.25, 0.3) is 0 Å². The number of hydrogen-bond acceptors (Lipinski definition) is 2. The van der Waals surface area contributed by atoms with E-state index in [-0.39, 0.29) is 5.91 Å². The van der Waals surface area contributed by atoms with Gasteiger partial charge in [0.15, 0.2) is 0 Å². The summed E-state index contributed by atoms with van der Waals surface area (Å²) in [5, 5.41) is 10.2. The summed E-state index contributed by atoms with van der Waals surface area (Å²) >= 11 is 0. The predicted molar refractivity (Wildman–Crippen MR) is 69.5 cm³/mol. The summed E-state index contributed by atoms with van der Waals surface area (Å²) in [5.74, 6) is 0.477. The van der Waals surface area contributed by atoms with E-state index in [0.29, 0.717) is 19.0 Å². The van der Waals surface area contributed by atoms with E-state index in [1.165, 1.54) is 5.56 Å². The third-order valence-electron chi connectivity index (χ3n) is 4.31. The van der Waals surface area contributed by atoms with E-state index in [4.69, 9.17) is 0 Å². The third-order valence-corrected chi connectivity index (χ3v) is 4.31. The molecule has 96 valence electrons. The number of likely N-dealkylation sites (tertiary alicyclic amines) is 1. The molecule has 2 fully saturated rings. The van der Waals surface area contributed by atoms with Crippen LogP contribution in [-0.4, -0.2) is 34.6 Å². The molecule has 0 spiro atoms. The Labute approximate surface area is 107 Å². The summed E-state index contributed by atoms with van der Waals surface area (Å²) in [5.41, 5.74) is 2.48. The van der Waals surface area contributed by atoms with Crippen molar-refractivity contribution in [3.05, 3.63) is 34.9 Å². The van der Waals surface area contributed by atoms with E-state index in [9.17, 15) is 9.90 Å². The molecule has 18 heavy (non-hydrogen) atoms. The summed E-state index contributed by atoms with van der Waals surface area (Å²) in [4.78, 5) is 14.0. The molecule has 0 unspecified atom stereocenters. The van der Waals surface area contributed by atoms with E-state index in [2.05, 4.69) is 0 Å². The van der Waals surface area contributed by atoms with Gasteiger partial charge in [0.05, 0.1) is 13.1 Å². The maximum absolute atomic E-state index is 12.2. The van der Waals surface area contributed by atoms with Crippen LogP contribution in [0.3, 0.4) is 0 Å². The van der Waals surface area contributed by atoms with Crippen molar-refractivity contribution in [3.8, 4) is 0 Å². The van der Waals surface area contributed by atoms with Gasteiger partial charge in [0.2, 0.25) is 0 Å². The van der Waals surface area contributed by atoms with Crippen LogP contribution in [0.15, 0.2) is 18.2 Å². The SMILES string of the molecule is Cc1ccc(C(=O)N2CC(O)(C3CC3)C2)cc1C. The molecule has 1 aliphatic heterocycles. The lowest BCUT2D eigenvalue weighted by Gasteiger charge is -2.47. The van der Waals surface area contributed by atoms with Gasteiger partial charge in [0, 0.05) is 5.56 Å². The lowest BCUT2D eigenvalue weighted by molar-refractivity contribution is -0.0958. The first-order valence-electron chi connectivity index (χ1n) is 6.58. The largest absolute Gasteiger partial charge is 0.386 e. The average Bonchev–Trinajstić information content (AvgIpc) is 3.12. The van der Waals surface area contributed by atoms with E-state index < -0.39 is 5.60 Å². The van der Waals surface area contributed by atoms with Crippen molar-refractivity contribution in [3.63, 3.8) is 0 Å². The molecule has 3 nitrogen and oxygen atoms in total. The fraction of sp³-hybridized carbons (Fsp3) is 0.533. The zero-order valence-corrected chi connectivity index (χ0v) is 10.9. The molecular weight excluding hydrogens is 226 g/mol. The van der Waals surface area contributed by atoms with E-state index >= 15 is 0 Å². The first-order chi connectivity index (χ1) is 8.49. The first-order valence-corrected chi connectivity index (χ1v) is 6.58. The number of aryl methyl sites for hydroxylation is 2. The van der Waals surface area contributed by atoms with E-state index in [0.717, 1.165) is 24.0 Å². The second-order valence-corrected chi connectivity index (χ2v) is 5.84. The molecule has 0 bridgehead atoms. The number of β-amino-alcohol motifs (C(OH)–C–C–N with tert-alkyl or cyclic N) is 1. The Bertz CT molecular complexity index is 499. The fourth-order valence-electron chi connectivity index (χ4n) is 2.69. The Balaban J connectivity index is 1.70. The van der Waals surface area contributed by atoms with Gasteiger partial charge in [0.25, 0.3) is 5.91 Å². The Hall–Kier alpha value is -1.35. The van der Waals surface area contributed by atoms with Gasteiger partial charge in [-0.3, -0.25) is 4.79 Å². The van der Waals surface area contributed by atoms with Crippen LogP contribution >= 0.6 is 0 Å². The number of aliphatic hydroxyl groups is 1. The minimum atomic E-state index is -0.588. The quantitative estimate of drug-likeness (QED) is 0.864. The highest BCUT2D eigenvalue weighted by molar-refractivity contribution is 5.95. The molecule has 1 N–H and O–H groups in total. The minimum absolute atomic E-state index is 0.0448. The maximum atomic E-state index is 12.2. The van der Waals surface area contributed by atoms with Crippen LogP contribution in [0, 0.1) is 19.8 Å². The zero-order valence-electron chi connectivity index (χ0n) is 10.9. The Kier molecular flexibility index (Phi) is 2.49. The van der Waals surface area contributed by atoms with Crippen molar-refractivity contribution in [1.29, 1.82) is 0 Å². The molecule has 1 saturated heterocycles. The fourth-order valence-corrected chi connectivity index (χ4v) is 2.69. The molecular formula is C15H19NO2. The number of benzene rings is 1. The van der Waals surface area contributed by atoms with Crippen LogP contribution in [0.4, 0.5) is 0 Å². The van der Waals surface area contributed by atoms with Crippen LogP contribution in [0.5, 0.6) is 0 Å². The van der Waals surface area contributed by atoms with E-state index in [1.54, 1.807) is 4.90 Å². The lowest BCUT2D eigenvalue weighted by atomic mass is 9.88. The Morgan fingerprint density at radius 3 is 2.50 bits per heavy atom. The minimum Gasteiger partial charge on any atom is -0.386 e. The summed E-state index contributed by atoms with van der Waals surface area (Å²) in [6, 6.07) is 5.79. The Morgan fingerprint density at radius 1 is 1.28 bits per heavy atom. The first kappa shape index (κ1) is 11.7. The standard InChI is InChI=1S/C15H19NO2/c1-10-3-4-12(7-11(10)2)14(17)16-8-15(18,9-16)13-5-6-13/h3-4,7,13,18H,5-6,8-9H2,1-2H3. The number of carbonyl (C=O) groups is 1. The highest BCUT2D eigenvalue weighted by Gasteiger charge is 2.53. The molecule has 0 atom stereocenters. The van der Waals surface area contributed by atoms with Gasteiger partial charge in [-0.05, 0) is 55.9 Å². The molecule has 1 amide bonds. The molecule has 1 aromatic rings. The smallest absolute Gasteiger partial charge is 0.254 e. The van der Waals surface area contributed by atoms with Gasteiger partial charge in [0.1, 0.15) is 5.60 Å². The molecule has 0 aromatic heterocycles. The van der Waals surface area contributed by atoms with Crippen LogP contribution in [0.1, 0.15) is 34.3 Å². The average molecular weight is 245 g/mol. The van der Waals surface area contributed by atoms with Gasteiger partial charge in [-0.1, -0.05) is 6.07 Å². The number of rotatable bonds is 2. The van der Waals surface area contributed by atoms with Gasteiger partial charge >= 0.3 is 0 Å². The monoisotopic (exact) mass is 245 g/mol. The summed E-state index contributed by atoms with van der Waals surface area (Å²) in [6.07, 6.45) is 2.23. The topological polar surface area (TPSA) is 40.5 Å². The second-order valence-electron chi connectivity index (χ2n) is 5.84. The Morgan fingerprint density at radius 2 is 1.94 bits per heavy atom. The molecule has 0 radical (unpaired) electrons. The van der Waals surface area contributed by atoms with Gasteiger partial charge < -0.3 is 10.0 Å². The molecule has 1 aromatic carbocycles. The number of amides is 1. The van der Waals surface area contributed by atoms with Crippen molar-refractivity contribution in [1.82, 2.24) is 4.90 Å². The summed E-state index contributed by atoms with van der Waals surface area (Å²) in [7, 11) is 0. The molecule has 1 heterocycles.